The zero-order chi connectivity index (χ0) is 16.4. The Morgan fingerprint density at radius 2 is 1.90 bits per heavy atom. The van der Waals surface area contributed by atoms with Crippen LogP contribution in [-0.4, -0.2) is 20.9 Å². The van der Waals surface area contributed by atoms with E-state index in [2.05, 4.69) is 33.0 Å². The number of hydrogen-bond acceptors (Lipinski definition) is 3. The fraction of sp³-hybridized carbons (Fsp3) is 0.533. The Hall–Kier alpha value is -1.07. The number of aryl methyl sites for hydroxylation is 1. The molecule has 0 aliphatic heterocycles. The van der Waals surface area contributed by atoms with Gasteiger partial charge in [-0.3, -0.25) is 4.79 Å². The van der Waals surface area contributed by atoms with Gasteiger partial charge in [-0.1, -0.05) is 33.8 Å². The molecule has 0 unspecified atom stereocenters. The van der Waals surface area contributed by atoms with E-state index in [9.17, 15) is 13.2 Å². The molecule has 1 aromatic carbocycles. The van der Waals surface area contributed by atoms with E-state index in [0.717, 1.165) is 0 Å². The van der Waals surface area contributed by atoms with E-state index in [0.29, 0.717) is 23.6 Å². The van der Waals surface area contributed by atoms with Crippen molar-refractivity contribution in [3.8, 4) is 0 Å². The lowest BCUT2D eigenvalue weighted by molar-refractivity contribution is 0.0924. The summed E-state index contributed by atoms with van der Waals surface area (Å²) in [6.45, 7) is 10.5. The van der Waals surface area contributed by atoms with Crippen LogP contribution in [0.1, 0.15) is 43.6 Å². The van der Waals surface area contributed by atoms with Gasteiger partial charge in [0, 0.05) is 22.8 Å². The van der Waals surface area contributed by atoms with E-state index in [1.807, 2.05) is 0 Å². The van der Waals surface area contributed by atoms with Crippen LogP contribution in [0.5, 0.6) is 0 Å². The molecule has 0 aliphatic carbocycles. The van der Waals surface area contributed by atoms with Crippen molar-refractivity contribution in [3.63, 3.8) is 0 Å². The molecular weight excluding hydrogens is 310 g/mol. The lowest BCUT2D eigenvalue weighted by Gasteiger charge is -2.29. The second-order valence-corrected chi connectivity index (χ2v) is 8.78. The van der Waals surface area contributed by atoms with Gasteiger partial charge in [-0.05, 0) is 36.0 Å². The van der Waals surface area contributed by atoms with E-state index in [1.165, 1.54) is 6.07 Å². The van der Waals surface area contributed by atoms with Crippen molar-refractivity contribution in [1.82, 2.24) is 5.32 Å². The number of hydrogen-bond donors (Lipinski definition) is 1. The molecule has 0 heterocycles. The van der Waals surface area contributed by atoms with Gasteiger partial charge in [-0.2, -0.15) is 0 Å². The van der Waals surface area contributed by atoms with E-state index in [4.69, 9.17) is 10.7 Å². The Bertz CT molecular complexity index is 636. The van der Waals surface area contributed by atoms with Crippen molar-refractivity contribution in [3.05, 3.63) is 29.3 Å². The fourth-order valence-electron chi connectivity index (χ4n) is 1.62. The number of amides is 1. The number of carbonyl (C=O) groups excluding carboxylic acids is 1. The van der Waals surface area contributed by atoms with Crippen LogP contribution in [0.15, 0.2) is 23.1 Å². The van der Waals surface area contributed by atoms with Crippen LogP contribution in [-0.2, 0) is 9.05 Å². The van der Waals surface area contributed by atoms with Gasteiger partial charge < -0.3 is 5.32 Å². The van der Waals surface area contributed by atoms with Crippen molar-refractivity contribution in [2.75, 3.05) is 6.54 Å². The molecule has 0 radical (unpaired) electrons. The molecule has 0 aromatic heterocycles. The van der Waals surface area contributed by atoms with Crippen LogP contribution < -0.4 is 5.32 Å². The van der Waals surface area contributed by atoms with Crippen LogP contribution in [0, 0.1) is 18.3 Å². The van der Waals surface area contributed by atoms with Crippen molar-refractivity contribution in [1.29, 1.82) is 0 Å². The van der Waals surface area contributed by atoms with Gasteiger partial charge in [0.05, 0.1) is 4.90 Å². The van der Waals surface area contributed by atoms with Crippen LogP contribution in [0.2, 0.25) is 0 Å². The Morgan fingerprint density at radius 1 is 1.33 bits per heavy atom. The number of benzene rings is 1. The van der Waals surface area contributed by atoms with E-state index < -0.39 is 9.05 Å². The van der Waals surface area contributed by atoms with Gasteiger partial charge in [-0.25, -0.2) is 8.42 Å². The maximum atomic E-state index is 12.2. The van der Waals surface area contributed by atoms with Gasteiger partial charge in [0.25, 0.3) is 15.0 Å². The largest absolute Gasteiger partial charge is 0.351 e. The maximum Gasteiger partial charge on any atom is 0.261 e. The first-order chi connectivity index (χ1) is 9.45. The lowest BCUT2D eigenvalue weighted by Crippen LogP contribution is -2.37. The summed E-state index contributed by atoms with van der Waals surface area (Å²) in [6, 6.07) is 4.49. The molecule has 21 heavy (non-hydrogen) atoms. The molecule has 0 aliphatic rings. The number of halogens is 1. The topological polar surface area (TPSA) is 63.2 Å². The first-order valence-corrected chi connectivity index (χ1v) is 9.09. The maximum absolute atomic E-state index is 12.2. The second-order valence-electron chi connectivity index (χ2n) is 6.24. The predicted molar refractivity (Wildman–Crippen MR) is 85.2 cm³/mol. The van der Waals surface area contributed by atoms with Gasteiger partial charge >= 0.3 is 0 Å². The molecule has 1 N–H and O–H groups in total. The molecule has 0 saturated heterocycles. The molecule has 6 heteroatoms. The van der Waals surface area contributed by atoms with E-state index in [-0.39, 0.29) is 16.2 Å². The Labute approximate surface area is 131 Å². The summed E-state index contributed by atoms with van der Waals surface area (Å²) >= 11 is 0. The molecule has 0 bridgehead atoms. The van der Waals surface area contributed by atoms with Gasteiger partial charge in [-0.15, -0.1) is 0 Å². The van der Waals surface area contributed by atoms with Crippen LogP contribution in [0.3, 0.4) is 0 Å². The minimum atomic E-state index is -3.85. The molecule has 0 fully saturated rings. The van der Waals surface area contributed by atoms with Crippen molar-refractivity contribution < 1.29 is 13.2 Å². The Balaban J connectivity index is 2.95. The molecule has 0 spiro atoms. The smallest absolute Gasteiger partial charge is 0.261 e. The molecule has 0 saturated carbocycles. The van der Waals surface area contributed by atoms with Gasteiger partial charge in [0.1, 0.15) is 0 Å². The first kappa shape index (κ1) is 18.0. The standard InChI is InChI=1S/C15H22ClNO3S/c1-10(2)15(4,5)9-17-14(18)12-7-6-11(3)13(8-12)21(16,19)20/h6-8,10H,9H2,1-5H3,(H,17,18). The van der Waals surface area contributed by atoms with E-state index in [1.54, 1.807) is 19.1 Å². The fourth-order valence-corrected chi connectivity index (χ4v) is 2.84. The molecular formula is C15H22ClNO3S. The summed E-state index contributed by atoms with van der Waals surface area (Å²) in [6.07, 6.45) is 0. The van der Waals surface area contributed by atoms with Crippen LogP contribution in [0.4, 0.5) is 0 Å². The van der Waals surface area contributed by atoms with Crippen molar-refractivity contribution >= 4 is 25.6 Å². The summed E-state index contributed by atoms with van der Waals surface area (Å²) in [5.41, 5.74) is 0.769. The lowest BCUT2D eigenvalue weighted by atomic mass is 9.81. The average Bonchev–Trinajstić information content (AvgIpc) is 2.35. The average molecular weight is 332 g/mol. The Kier molecular flexibility index (Phi) is 5.45. The summed E-state index contributed by atoms with van der Waals surface area (Å²) < 4.78 is 22.9. The summed E-state index contributed by atoms with van der Waals surface area (Å²) in [5, 5.41) is 2.84. The molecule has 4 nitrogen and oxygen atoms in total. The summed E-state index contributed by atoms with van der Waals surface area (Å²) in [4.78, 5) is 12.1. The highest BCUT2D eigenvalue weighted by molar-refractivity contribution is 8.13. The highest BCUT2D eigenvalue weighted by Gasteiger charge is 2.23. The highest BCUT2D eigenvalue weighted by atomic mass is 35.7. The molecule has 118 valence electrons. The number of carbonyl (C=O) groups is 1. The summed E-state index contributed by atoms with van der Waals surface area (Å²) in [7, 11) is 1.52. The zero-order valence-corrected chi connectivity index (χ0v) is 14.6. The molecule has 0 atom stereocenters. The predicted octanol–water partition coefficient (Wildman–Crippen LogP) is 3.33. The van der Waals surface area contributed by atoms with Crippen molar-refractivity contribution in [2.45, 2.75) is 39.5 Å². The van der Waals surface area contributed by atoms with Gasteiger partial charge in [0.2, 0.25) is 0 Å². The zero-order valence-electron chi connectivity index (χ0n) is 13.0. The third-order valence-electron chi connectivity index (χ3n) is 3.98. The van der Waals surface area contributed by atoms with Crippen molar-refractivity contribution in [2.24, 2.45) is 11.3 Å². The number of nitrogens with one attached hydrogen (secondary N) is 1. The second kappa shape index (κ2) is 6.36. The quantitative estimate of drug-likeness (QED) is 0.842. The summed E-state index contributed by atoms with van der Waals surface area (Å²) in [5.74, 6) is 0.111. The minimum absolute atomic E-state index is 0.0278. The first-order valence-electron chi connectivity index (χ1n) is 6.78. The monoisotopic (exact) mass is 331 g/mol. The SMILES string of the molecule is Cc1ccc(C(=O)NCC(C)(C)C(C)C)cc1S(=O)(=O)Cl. The van der Waals surface area contributed by atoms with Crippen LogP contribution >= 0.6 is 10.7 Å². The van der Waals surface area contributed by atoms with Crippen LogP contribution in [0.25, 0.3) is 0 Å². The highest BCUT2D eigenvalue weighted by Crippen LogP contribution is 2.25. The van der Waals surface area contributed by atoms with E-state index >= 15 is 0 Å². The van der Waals surface area contributed by atoms with Gasteiger partial charge in [0.15, 0.2) is 0 Å². The Morgan fingerprint density at radius 3 is 2.38 bits per heavy atom. The normalized spacial score (nSPS) is 12.5. The molecule has 1 amide bonds. The third kappa shape index (κ3) is 4.71. The molecule has 1 rings (SSSR count). The minimum Gasteiger partial charge on any atom is -0.351 e. The molecule has 1 aromatic rings. The number of rotatable bonds is 5. The third-order valence-corrected chi connectivity index (χ3v) is 5.44.